The van der Waals surface area contributed by atoms with Gasteiger partial charge in [-0.2, -0.15) is 5.10 Å². The first-order chi connectivity index (χ1) is 7.84. The van der Waals surface area contributed by atoms with Gasteiger partial charge < -0.3 is 4.74 Å². The van der Waals surface area contributed by atoms with Crippen molar-refractivity contribution in [2.75, 3.05) is 6.61 Å². The third-order valence-electron chi connectivity index (χ3n) is 2.97. The summed E-state index contributed by atoms with van der Waals surface area (Å²) in [7, 11) is 0. The normalized spacial score (nSPS) is 21.4. The summed E-state index contributed by atoms with van der Waals surface area (Å²) in [6, 6.07) is 5.78. The number of nitrogens with zero attached hydrogens (tertiary/aromatic N) is 2. The topological polar surface area (TPSA) is 27.1 Å². The summed E-state index contributed by atoms with van der Waals surface area (Å²) in [5.41, 5.74) is 0.932. The Balaban J connectivity index is 2.01. The Labute approximate surface area is 99.0 Å². The molecule has 1 fully saturated rings. The molecule has 1 aliphatic heterocycles. The quantitative estimate of drug-likeness (QED) is 0.759. The lowest BCUT2D eigenvalue weighted by Crippen LogP contribution is -2.18. The van der Waals surface area contributed by atoms with Gasteiger partial charge in [0.25, 0.3) is 0 Å². The molecule has 0 aliphatic carbocycles. The number of aromatic nitrogens is 2. The van der Waals surface area contributed by atoms with Gasteiger partial charge >= 0.3 is 0 Å². The van der Waals surface area contributed by atoms with Gasteiger partial charge in [-0.25, -0.2) is 4.68 Å². The molecular formula is C12H13ClN2O. The average Bonchev–Trinajstić information content (AvgIpc) is 2.76. The van der Waals surface area contributed by atoms with Crippen molar-refractivity contribution in [3.63, 3.8) is 0 Å². The van der Waals surface area contributed by atoms with E-state index >= 15 is 0 Å². The van der Waals surface area contributed by atoms with E-state index in [1.807, 2.05) is 29.1 Å². The summed E-state index contributed by atoms with van der Waals surface area (Å²) < 4.78 is 7.59. The molecule has 1 aromatic heterocycles. The predicted octanol–water partition coefficient (Wildman–Crippen LogP) is 3.39. The highest BCUT2D eigenvalue weighted by Gasteiger charge is 2.17. The second kappa shape index (κ2) is 4.07. The fourth-order valence-electron chi connectivity index (χ4n) is 2.11. The van der Waals surface area contributed by atoms with E-state index in [0.29, 0.717) is 0 Å². The van der Waals surface area contributed by atoms with Crippen molar-refractivity contribution in [3.05, 3.63) is 29.4 Å². The lowest BCUT2D eigenvalue weighted by molar-refractivity contribution is -0.0390. The molecule has 0 radical (unpaired) electrons. The van der Waals surface area contributed by atoms with Crippen LogP contribution in [0.4, 0.5) is 0 Å². The van der Waals surface area contributed by atoms with E-state index in [2.05, 4.69) is 5.10 Å². The molecule has 1 saturated heterocycles. The van der Waals surface area contributed by atoms with Crippen molar-refractivity contribution >= 4 is 22.5 Å². The first-order valence-electron chi connectivity index (χ1n) is 5.59. The molecule has 1 atom stereocenters. The largest absolute Gasteiger partial charge is 0.357 e. The van der Waals surface area contributed by atoms with Crippen molar-refractivity contribution in [3.8, 4) is 0 Å². The molecule has 84 valence electrons. The van der Waals surface area contributed by atoms with E-state index < -0.39 is 0 Å². The third-order valence-corrected chi connectivity index (χ3v) is 3.29. The second-order valence-corrected chi connectivity index (χ2v) is 4.51. The molecule has 0 amide bonds. The van der Waals surface area contributed by atoms with E-state index in [1.165, 1.54) is 6.42 Å². The molecule has 3 nitrogen and oxygen atoms in total. The van der Waals surface area contributed by atoms with E-state index in [-0.39, 0.29) is 6.23 Å². The van der Waals surface area contributed by atoms with Crippen LogP contribution in [-0.2, 0) is 4.74 Å². The molecule has 0 saturated carbocycles. The molecule has 0 spiro atoms. The summed E-state index contributed by atoms with van der Waals surface area (Å²) in [4.78, 5) is 0. The molecule has 0 bridgehead atoms. The highest BCUT2D eigenvalue weighted by atomic mass is 35.5. The summed E-state index contributed by atoms with van der Waals surface area (Å²) in [5.74, 6) is 0. The lowest BCUT2D eigenvalue weighted by atomic mass is 10.2. The van der Waals surface area contributed by atoms with Gasteiger partial charge in [0.05, 0.1) is 10.5 Å². The minimum absolute atomic E-state index is 0.0808. The SMILES string of the molecule is Clc1cccc2nn(C3CCCCO3)cc12. The van der Waals surface area contributed by atoms with Gasteiger partial charge in [0, 0.05) is 18.2 Å². The number of ether oxygens (including phenoxy) is 1. The molecule has 16 heavy (non-hydrogen) atoms. The van der Waals surface area contributed by atoms with Crippen LogP contribution in [0.2, 0.25) is 5.02 Å². The molecule has 1 aliphatic rings. The highest BCUT2D eigenvalue weighted by molar-refractivity contribution is 6.35. The number of rotatable bonds is 1. The first-order valence-corrected chi connectivity index (χ1v) is 5.97. The Morgan fingerprint density at radius 2 is 2.31 bits per heavy atom. The maximum Gasteiger partial charge on any atom is 0.150 e. The molecule has 0 N–H and O–H groups in total. The molecule has 1 unspecified atom stereocenters. The molecular weight excluding hydrogens is 224 g/mol. The monoisotopic (exact) mass is 236 g/mol. The highest BCUT2D eigenvalue weighted by Crippen LogP contribution is 2.27. The van der Waals surface area contributed by atoms with Crippen LogP contribution in [0.15, 0.2) is 24.4 Å². The van der Waals surface area contributed by atoms with Crippen molar-refractivity contribution in [2.24, 2.45) is 0 Å². The van der Waals surface area contributed by atoms with Crippen LogP contribution in [0.3, 0.4) is 0 Å². The summed E-state index contributed by atoms with van der Waals surface area (Å²) in [6.45, 7) is 0.828. The first kappa shape index (κ1) is 10.1. The molecule has 2 aromatic rings. The predicted molar refractivity (Wildman–Crippen MR) is 63.6 cm³/mol. The van der Waals surface area contributed by atoms with Crippen LogP contribution in [0.25, 0.3) is 10.9 Å². The fourth-order valence-corrected chi connectivity index (χ4v) is 2.32. The van der Waals surface area contributed by atoms with Gasteiger partial charge in [-0.15, -0.1) is 0 Å². The summed E-state index contributed by atoms with van der Waals surface area (Å²) in [5, 5.41) is 6.25. The molecule has 2 heterocycles. The van der Waals surface area contributed by atoms with E-state index in [9.17, 15) is 0 Å². The van der Waals surface area contributed by atoms with Gasteiger partial charge in [-0.05, 0) is 31.4 Å². The number of benzene rings is 1. The van der Waals surface area contributed by atoms with Gasteiger partial charge in [0.15, 0.2) is 0 Å². The maximum absolute atomic E-state index is 6.12. The summed E-state index contributed by atoms with van der Waals surface area (Å²) >= 11 is 6.12. The van der Waals surface area contributed by atoms with E-state index in [4.69, 9.17) is 16.3 Å². The Hall–Kier alpha value is -1.06. The second-order valence-electron chi connectivity index (χ2n) is 4.10. The van der Waals surface area contributed by atoms with Gasteiger partial charge in [-0.3, -0.25) is 0 Å². The van der Waals surface area contributed by atoms with Crippen LogP contribution < -0.4 is 0 Å². The van der Waals surface area contributed by atoms with Gasteiger partial charge in [0.1, 0.15) is 6.23 Å². The molecule has 3 rings (SSSR count). The van der Waals surface area contributed by atoms with Crippen LogP contribution >= 0.6 is 11.6 Å². The van der Waals surface area contributed by atoms with E-state index in [0.717, 1.165) is 35.4 Å². The van der Waals surface area contributed by atoms with Crippen LogP contribution in [0.5, 0.6) is 0 Å². The van der Waals surface area contributed by atoms with Crippen molar-refractivity contribution < 1.29 is 4.74 Å². The van der Waals surface area contributed by atoms with Gasteiger partial charge in [-0.1, -0.05) is 17.7 Å². The number of hydrogen-bond acceptors (Lipinski definition) is 2. The minimum atomic E-state index is 0.0808. The molecule has 1 aromatic carbocycles. The van der Waals surface area contributed by atoms with Crippen LogP contribution in [-0.4, -0.2) is 16.4 Å². The Morgan fingerprint density at radius 3 is 3.06 bits per heavy atom. The van der Waals surface area contributed by atoms with Crippen molar-refractivity contribution in [2.45, 2.75) is 25.5 Å². The Kier molecular flexibility index (Phi) is 2.58. The zero-order valence-corrected chi connectivity index (χ0v) is 9.65. The van der Waals surface area contributed by atoms with Crippen LogP contribution in [0, 0.1) is 0 Å². The molecule has 4 heteroatoms. The third kappa shape index (κ3) is 1.70. The van der Waals surface area contributed by atoms with Crippen molar-refractivity contribution in [1.29, 1.82) is 0 Å². The minimum Gasteiger partial charge on any atom is -0.357 e. The maximum atomic E-state index is 6.12. The van der Waals surface area contributed by atoms with Gasteiger partial charge in [0.2, 0.25) is 0 Å². The Morgan fingerprint density at radius 1 is 1.38 bits per heavy atom. The smallest absolute Gasteiger partial charge is 0.150 e. The lowest BCUT2D eigenvalue weighted by Gasteiger charge is -2.22. The van der Waals surface area contributed by atoms with Crippen LogP contribution in [0.1, 0.15) is 25.5 Å². The zero-order valence-electron chi connectivity index (χ0n) is 8.90. The number of hydrogen-bond donors (Lipinski definition) is 0. The fraction of sp³-hybridized carbons (Fsp3) is 0.417. The Bertz CT molecular complexity index is 503. The summed E-state index contributed by atoms with van der Waals surface area (Å²) in [6.07, 6.45) is 5.45. The van der Waals surface area contributed by atoms with Crippen molar-refractivity contribution in [1.82, 2.24) is 9.78 Å². The zero-order chi connectivity index (χ0) is 11.0. The number of halogens is 1. The standard InChI is InChI=1S/C12H13ClN2O/c13-10-4-3-5-11-9(10)8-15(14-11)12-6-1-2-7-16-12/h3-5,8,12H,1-2,6-7H2. The average molecular weight is 237 g/mol. The number of fused-ring (bicyclic) bond motifs is 1. The van der Waals surface area contributed by atoms with E-state index in [1.54, 1.807) is 0 Å².